The van der Waals surface area contributed by atoms with E-state index >= 15 is 0 Å². The van der Waals surface area contributed by atoms with Crippen molar-refractivity contribution in [1.82, 2.24) is 9.97 Å². The summed E-state index contributed by atoms with van der Waals surface area (Å²) in [7, 11) is -9.53. The molecule has 0 saturated heterocycles. The number of azo groups is 1. The summed E-state index contributed by atoms with van der Waals surface area (Å²) in [4.78, 5) is 6.25. The summed E-state index contributed by atoms with van der Waals surface area (Å²) in [5.74, 6) is -0.268. The van der Waals surface area contributed by atoms with Crippen LogP contribution in [-0.4, -0.2) is 41.0 Å². The second kappa shape index (κ2) is 9.46. The molecule has 11 nitrogen and oxygen atoms in total. The molecule has 0 spiro atoms. The van der Waals surface area contributed by atoms with Crippen LogP contribution < -0.4 is 0 Å². The topological polar surface area (TPSA) is 182 Å². The number of aromatic hydroxyl groups is 1. The quantitative estimate of drug-likeness (QED) is 0.158. The molecule has 5 aromatic rings. The van der Waals surface area contributed by atoms with E-state index in [4.69, 9.17) is 0 Å². The highest BCUT2D eigenvalue weighted by Crippen LogP contribution is 2.42. The Morgan fingerprint density at radius 2 is 1.55 bits per heavy atom. The maximum absolute atomic E-state index is 11.9. The molecule has 0 bridgehead atoms. The molecule has 192 valence electrons. The zero-order chi connectivity index (χ0) is 27.1. The highest BCUT2D eigenvalue weighted by atomic mass is 32.2. The molecule has 0 fully saturated rings. The smallest absolute Gasteiger partial charge is 0.298 e. The van der Waals surface area contributed by atoms with Gasteiger partial charge in [-0.1, -0.05) is 36.4 Å². The zero-order valence-corrected chi connectivity index (χ0v) is 20.8. The third-order valence-electron chi connectivity index (χ3n) is 5.62. The normalized spacial score (nSPS) is 12.8. The first-order valence-corrected chi connectivity index (χ1v) is 13.8. The number of nitrogens with zero attached hydrogens (tertiary/aromatic N) is 3. The van der Waals surface area contributed by atoms with Gasteiger partial charge in [-0.05, 0) is 53.9 Å². The molecule has 0 unspecified atom stereocenters. The fourth-order valence-corrected chi connectivity index (χ4v) is 4.96. The molecule has 0 aliphatic rings. The van der Waals surface area contributed by atoms with Gasteiger partial charge in [0.2, 0.25) is 0 Å². The number of hydrogen-bond acceptors (Lipinski definition) is 8. The van der Waals surface area contributed by atoms with E-state index in [1.54, 1.807) is 36.4 Å². The van der Waals surface area contributed by atoms with Crippen LogP contribution in [0.4, 0.5) is 11.4 Å². The van der Waals surface area contributed by atoms with Gasteiger partial charge in [-0.15, -0.1) is 10.2 Å². The van der Waals surface area contributed by atoms with Crippen molar-refractivity contribution in [2.45, 2.75) is 9.79 Å². The van der Waals surface area contributed by atoms with Crippen molar-refractivity contribution in [1.29, 1.82) is 0 Å². The summed E-state index contributed by atoms with van der Waals surface area (Å²) in [6.07, 6.45) is 3.49. The number of nitrogens with one attached hydrogen (secondary N) is 1. The number of rotatable bonds is 6. The number of phenolic OH excluding ortho intramolecular Hbond substituents is 1. The Kier molecular flexibility index (Phi) is 6.28. The molecule has 13 heteroatoms. The lowest BCUT2D eigenvalue weighted by atomic mass is 10.1. The van der Waals surface area contributed by atoms with Gasteiger partial charge < -0.3 is 10.1 Å². The van der Waals surface area contributed by atoms with Crippen LogP contribution in [0, 0.1) is 0 Å². The average Bonchev–Trinajstić information content (AvgIpc) is 3.29. The van der Waals surface area contributed by atoms with Gasteiger partial charge in [0.05, 0.1) is 21.6 Å². The number of aromatic nitrogens is 2. The molecular weight excluding hydrogens is 532 g/mol. The number of benzene rings is 4. The van der Waals surface area contributed by atoms with Crippen molar-refractivity contribution < 1.29 is 31.0 Å². The number of H-pyrrole nitrogens is 1. The first kappa shape index (κ1) is 25.2. The van der Waals surface area contributed by atoms with Crippen LogP contribution in [0.25, 0.3) is 34.0 Å². The first-order chi connectivity index (χ1) is 18.0. The molecule has 0 atom stereocenters. The van der Waals surface area contributed by atoms with E-state index in [1.807, 2.05) is 24.3 Å². The number of para-hydroxylation sites is 2. The highest BCUT2D eigenvalue weighted by molar-refractivity contribution is 7.86. The fraction of sp³-hybridized carbons (Fsp3) is 0. The van der Waals surface area contributed by atoms with Crippen molar-refractivity contribution in [2.24, 2.45) is 10.2 Å². The Balaban J connectivity index is 1.59. The van der Waals surface area contributed by atoms with Crippen molar-refractivity contribution in [2.75, 3.05) is 0 Å². The second-order valence-electron chi connectivity index (χ2n) is 8.14. The summed E-state index contributed by atoms with van der Waals surface area (Å²) in [6.45, 7) is 0. The van der Waals surface area contributed by atoms with E-state index in [1.165, 1.54) is 6.07 Å². The monoisotopic (exact) mass is 550 g/mol. The van der Waals surface area contributed by atoms with Gasteiger partial charge in [-0.3, -0.25) is 9.11 Å². The van der Waals surface area contributed by atoms with E-state index in [9.17, 15) is 31.0 Å². The summed E-state index contributed by atoms with van der Waals surface area (Å²) in [5.41, 5.74) is 2.34. The van der Waals surface area contributed by atoms with Gasteiger partial charge in [0.15, 0.2) is 5.75 Å². The third-order valence-corrected chi connectivity index (χ3v) is 7.34. The Bertz CT molecular complexity index is 1960. The third kappa shape index (κ3) is 5.03. The van der Waals surface area contributed by atoms with E-state index in [0.29, 0.717) is 17.1 Å². The molecule has 0 saturated carbocycles. The van der Waals surface area contributed by atoms with Gasteiger partial charge >= 0.3 is 0 Å². The predicted octanol–water partition coefficient (Wildman–Crippen LogP) is 5.50. The number of imidazole rings is 1. The number of phenols is 1. The van der Waals surface area contributed by atoms with Crippen LogP contribution in [0.1, 0.15) is 11.4 Å². The average molecular weight is 551 g/mol. The van der Waals surface area contributed by atoms with Gasteiger partial charge in [0.1, 0.15) is 16.4 Å². The Labute approximate surface area is 216 Å². The Morgan fingerprint density at radius 1 is 0.816 bits per heavy atom. The maximum atomic E-state index is 11.9. The lowest BCUT2D eigenvalue weighted by molar-refractivity contribution is 0.445. The summed E-state index contributed by atoms with van der Waals surface area (Å²) in [5, 5.41) is 19.0. The van der Waals surface area contributed by atoms with Gasteiger partial charge in [-0.2, -0.15) is 16.8 Å². The predicted molar refractivity (Wildman–Crippen MR) is 141 cm³/mol. The molecule has 0 aliphatic heterocycles. The number of fused-ring (bicyclic) bond motifs is 2. The van der Waals surface area contributed by atoms with Crippen LogP contribution in [0.5, 0.6) is 5.75 Å². The highest BCUT2D eigenvalue weighted by Gasteiger charge is 2.23. The summed E-state index contributed by atoms with van der Waals surface area (Å²) in [6, 6.07) is 18.6. The van der Waals surface area contributed by atoms with Crippen molar-refractivity contribution >= 4 is 65.6 Å². The standard InChI is InChI=1S/C25H18N4O7S2/c30-25-22(38(34,35)36)14-16-13-17(37(31,32)33)10-11-18(16)24(25)29-28-19-6-2-1-5-15(19)9-12-23-26-20-7-3-4-8-21(20)27-23/h1-14,30H,(H,26,27)(H,31,32,33)(H,34,35,36)/b12-9-,29-28?. The van der Waals surface area contributed by atoms with Crippen LogP contribution in [0.2, 0.25) is 0 Å². The van der Waals surface area contributed by atoms with Crippen LogP contribution in [0.3, 0.4) is 0 Å². The molecule has 1 aromatic heterocycles. The summed E-state index contributed by atoms with van der Waals surface area (Å²) < 4.78 is 65.8. The van der Waals surface area contributed by atoms with E-state index in [0.717, 1.165) is 29.2 Å². The van der Waals surface area contributed by atoms with Crippen molar-refractivity contribution in [3.8, 4) is 5.75 Å². The minimum atomic E-state index is -4.92. The second-order valence-corrected chi connectivity index (χ2v) is 10.9. The number of aromatic amines is 1. The SMILES string of the molecule is O=S(=O)(O)c1ccc2c(N=Nc3ccccc3/C=C\c3nc4ccccc4[nH]3)c(O)c(S(=O)(=O)O)cc2c1. The minimum Gasteiger partial charge on any atom is -0.504 e. The van der Waals surface area contributed by atoms with E-state index in [2.05, 4.69) is 20.2 Å². The van der Waals surface area contributed by atoms with Crippen molar-refractivity contribution in [3.63, 3.8) is 0 Å². The molecule has 4 N–H and O–H groups in total. The molecular formula is C25H18N4O7S2. The Morgan fingerprint density at radius 3 is 2.29 bits per heavy atom. The molecule has 38 heavy (non-hydrogen) atoms. The van der Waals surface area contributed by atoms with Gasteiger partial charge in [0.25, 0.3) is 20.2 Å². The lowest BCUT2D eigenvalue weighted by Gasteiger charge is -2.09. The van der Waals surface area contributed by atoms with Gasteiger partial charge in [0, 0.05) is 10.9 Å². The number of hydrogen-bond donors (Lipinski definition) is 4. The van der Waals surface area contributed by atoms with Crippen LogP contribution >= 0.6 is 0 Å². The minimum absolute atomic E-state index is 0.0300. The van der Waals surface area contributed by atoms with Crippen molar-refractivity contribution in [3.05, 3.63) is 84.2 Å². The van der Waals surface area contributed by atoms with E-state index < -0.39 is 35.8 Å². The molecule has 0 radical (unpaired) electrons. The molecule has 0 amide bonds. The van der Waals surface area contributed by atoms with Crippen LogP contribution in [-0.2, 0) is 20.2 Å². The largest absolute Gasteiger partial charge is 0.504 e. The molecule has 0 aliphatic carbocycles. The molecule has 5 rings (SSSR count). The van der Waals surface area contributed by atoms with Gasteiger partial charge in [-0.25, -0.2) is 4.98 Å². The first-order valence-electron chi connectivity index (χ1n) is 10.9. The van der Waals surface area contributed by atoms with Crippen LogP contribution in [0.15, 0.2) is 92.8 Å². The lowest BCUT2D eigenvalue weighted by Crippen LogP contribution is -2.00. The fourth-order valence-electron chi connectivity index (χ4n) is 3.83. The molecule has 1 heterocycles. The van der Waals surface area contributed by atoms with E-state index in [-0.39, 0.29) is 16.5 Å². The zero-order valence-electron chi connectivity index (χ0n) is 19.2. The Hall–Kier alpha value is -4.43. The summed E-state index contributed by atoms with van der Waals surface area (Å²) >= 11 is 0. The maximum Gasteiger partial charge on any atom is 0.298 e. The molecule has 4 aromatic carbocycles.